The summed E-state index contributed by atoms with van der Waals surface area (Å²) in [6.45, 7) is 1.19. The second kappa shape index (κ2) is 10.3. The lowest BCUT2D eigenvalue weighted by molar-refractivity contribution is -0.159. The minimum atomic E-state index is -3.05. The van der Waals surface area contributed by atoms with Gasteiger partial charge in [0, 0.05) is 11.3 Å². The molecule has 7 heteroatoms. The molecular formula is C24H32F5OS. The van der Waals surface area contributed by atoms with Crippen molar-refractivity contribution in [2.75, 3.05) is 6.61 Å². The highest BCUT2D eigenvalue weighted by molar-refractivity contribution is 7.80. The monoisotopic (exact) mass is 463 g/mol. The zero-order chi connectivity index (χ0) is 22.6. The van der Waals surface area contributed by atoms with E-state index in [9.17, 15) is 13.2 Å². The van der Waals surface area contributed by atoms with Crippen molar-refractivity contribution in [3.63, 3.8) is 0 Å². The van der Waals surface area contributed by atoms with Gasteiger partial charge in [0.1, 0.15) is 18.5 Å². The molecular weight excluding hydrogens is 431 g/mol. The number of alkyl halides is 5. The molecule has 0 aliphatic heterocycles. The van der Waals surface area contributed by atoms with E-state index in [1.54, 1.807) is 12.1 Å². The van der Waals surface area contributed by atoms with Crippen molar-refractivity contribution in [3.8, 4) is 5.75 Å². The molecule has 2 aliphatic carbocycles. The van der Waals surface area contributed by atoms with Gasteiger partial charge in [-0.1, -0.05) is 45.4 Å². The van der Waals surface area contributed by atoms with Crippen molar-refractivity contribution in [2.24, 2.45) is 11.8 Å². The van der Waals surface area contributed by atoms with E-state index >= 15 is 8.78 Å². The van der Waals surface area contributed by atoms with Gasteiger partial charge in [-0.2, -0.15) is 0 Å². The number of rotatable bonds is 8. The van der Waals surface area contributed by atoms with Gasteiger partial charge < -0.3 is 4.74 Å². The molecule has 5 unspecified atom stereocenters. The van der Waals surface area contributed by atoms with E-state index in [0.29, 0.717) is 42.9 Å². The van der Waals surface area contributed by atoms with Gasteiger partial charge in [-0.15, -0.1) is 12.6 Å². The molecule has 0 aromatic heterocycles. The summed E-state index contributed by atoms with van der Waals surface area (Å²) in [6.07, 6.45) is -1.65. The molecule has 0 N–H and O–H groups in total. The van der Waals surface area contributed by atoms with E-state index in [1.165, 1.54) is 12.1 Å². The summed E-state index contributed by atoms with van der Waals surface area (Å²) in [5.74, 6) is -0.337. The lowest BCUT2D eigenvalue weighted by Gasteiger charge is -2.49. The molecule has 1 nitrogen and oxygen atoms in total. The van der Waals surface area contributed by atoms with E-state index < -0.39 is 42.4 Å². The lowest BCUT2D eigenvalue weighted by Crippen LogP contribution is -2.66. The van der Waals surface area contributed by atoms with Crippen LogP contribution in [0.1, 0.15) is 58.3 Å². The zero-order valence-electron chi connectivity index (χ0n) is 17.9. The maximum atomic E-state index is 15.6. The van der Waals surface area contributed by atoms with Crippen molar-refractivity contribution in [3.05, 3.63) is 30.7 Å². The fourth-order valence-electron chi connectivity index (χ4n) is 4.97. The molecule has 1 radical (unpaired) electrons. The third kappa shape index (κ3) is 5.33. The number of ether oxygens (including phenoxy) is 1. The fourth-order valence-corrected chi connectivity index (χ4v) is 5.12. The summed E-state index contributed by atoms with van der Waals surface area (Å²) in [4.78, 5) is 0.643. The van der Waals surface area contributed by atoms with E-state index in [1.807, 2.05) is 0 Å². The van der Waals surface area contributed by atoms with Gasteiger partial charge in [0.15, 0.2) is 23.7 Å². The second-order valence-corrected chi connectivity index (χ2v) is 9.64. The van der Waals surface area contributed by atoms with Crippen molar-refractivity contribution in [1.29, 1.82) is 0 Å². The van der Waals surface area contributed by atoms with Crippen LogP contribution in [-0.4, -0.2) is 36.5 Å². The molecule has 1 aromatic rings. The van der Waals surface area contributed by atoms with Crippen LogP contribution in [0.2, 0.25) is 0 Å². The maximum Gasteiger partial charge on any atom is 0.184 e. The summed E-state index contributed by atoms with van der Waals surface area (Å²) in [5, 5.41) is 0. The highest BCUT2D eigenvalue weighted by Gasteiger charge is 2.67. The van der Waals surface area contributed by atoms with E-state index in [2.05, 4.69) is 19.6 Å². The molecule has 0 amide bonds. The highest BCUT2D eigenvalue weighted by Crippen LogP contribution is 2.52. The molecule has 2 aliphatic rings. The average Bonchev–Trinajstić information content (AvgIpc) is 2.77. The quantitative estimate of drug-likeness (QED) is 0.240. The first kappa shape index (κ1) is 24.7. The molecule has 2 saturated carbocycles. The standard InChI is InChI=1S/C24H32F5OS/c1-2-3-4-5-16-6-8-17(9-7-16)24(29)20(25)14-23(28,21(26)22(24)27)15-30-18-10-12-19(31)13-11-18/h10-14,16-17,20-22,31H,2-9,15H2,1H3/t16-,17-,20?,21?,22?,23?,24?. The van der Waals surface area contributed by atoms with Crippen molar-refractivity contribution in [2.45, 2.75) is 93.0 Å². The topological polar surface area (TPSA) is 9.23 Å². The Balaban J connectivity index is 1.62. The summed E-state index contributed by atoms with van der Waals surface area (Å²) < 4.78 is 80.7. The minimum Gasteiger partial charge on any atom is -0.490 e. The van der Waals surface area contributed by atoms with Gasteiger partial charge in [-0.25, -0.2) is 22.0 Å². The van der Waals surface area contributed by atoms with Crippen LogP contribution in [0.3, 0.4) is 0 Å². The van der Waals surface area contributed by atoms with Crippen molar-refractivity contribution in [1.82, 2.24) is 0 Å². The Morgan fingerprint density at radius 1 is 0.968 bits per heavy atom. The van der Waals surface area contributed by atoms with Gasteiger partial charge >= 0.3 is 0 Å². The Morgan fingerprint density at radius 3 is 2.23 bits per heavy atom. The molecule has 0 bridgehead atoms. The maximum absolute atomic E-state index is 15.6. The molecule has 175 valence electrons. The van der Waals surface area contributed by atoms with Crippen molar-refractivity contribution < 1.29 is 26.7 Å². The van der Waals surface area contributed by atoms with Gasteiger partial charge in [0.25, 0.3) is 0 Å². The Morgan fingerprint density at radius 2 is 1.61 bits per heavy atom. The summed E-state index contributed by atoms with van der Waals surface area (Å²) in [6, 6.07) is 6.14. The zero-order valence-corrected chi connectivity index (χ0v) is 18.8. The predicted molar refractivity (Wildman–Crippen MR) is 115 cm³/mol. The number of unbranched alkanes of at least 4 members (excludes halogenated alkanes) is 2. The second-order valence-electron chi connectivity index (χ2n) is 9.12. The molecule has 0 spiro atoms. The van der Waals surface area contributed by atoms with Crippen LogP contribution in [0.15, 0.2) is 29.2 Å². The van der Waals surface area contributed by atoms with E-state index in [0.717, 1.165) is 25.7 Å². The summed E-state index contributed by atoms with van der Waals surface area (Å²) in [5.41, 5.74) is -6.09. The Labute approximate surface area is 187 Å². The number of hydrogen-bond acceptors (Lipinski definition) is 2. The van der Waals surface area contributed by atoms with E-state index in [-0.39, 0.29) is 5.75 Å². The average molecular weight is 464 g/mol. The summed E-state index contributed by atoms with van der Waals surface area (Å²) >= 11 is 4.11. The Kier molecular flexibility index (Phi) is 8.20. The smallest absolute Gasteiger partial charge is 0.184 e. The number of benzene rings is 1. The highest BCUT2D eigenvalue weighted by atomic mass is 32.1. The number of thiol groups is 1. The third-order valence-electron chi connectivity index (χ3n) is 6.97. The van der Waals surface area contributed by atoms with Crippen LogP contribution in [0.25, 0.3) is 0 Å². The SMILES string of the molecule is CCCCC[C@H]1CC[C@H](C2(F)C(F)[CH]C(F)(COc3ccc(S)cc3)C(F)C2F)CC1. The number of halogens is 5. The molecule has 3 rings (SSSR count). The van der Waals surface area contributed by atoms with Crippen LogP contribution in [-0.2, 0) is 0 Å². The van der Waals surface area contributed by atoms with Gasteiger partial charge in [-0.05, 0) is 48.9 Å². The van der Waals surface area contributed by atoms with Crippen LogP contribution in [0.4, 0.5) is 22.0 Å². The van der Waals surface area contributed by atoms with Gasteiger partial charge in [-0.3, -0.25) is 0 Å². The number of hydrogen-bond donors (Lipinski definition) is 1. The summed E-state index contributed by atoms with van der Waals surface area (Å²) in [7, 11) is 0. The Hall–Kier alpha value is -0.980. The largest absolute Gasteiger partial charge is 0.490 e. The molecule has 0 saturated heterocycles. The minimum absolute atomic E-state index is 0.208. The van der Waals surface area contributed by atoms with Gasteiger partial charge in [0.05, 0.1) is 0 Å². The first-order chi connectivity index (χ1) is 14.7. The first-order valence-electron chi connectivity index (χ1n) is 11.3. The Bertz CT molecular complexity index is 696. The van der Waals surface area contributed by atoms with Crippen molar-refractivity contribution >= 4 is 12.6 Å². The molecule has 31 heavy (non-hydrogen) atoms. The predicted octanol–water partition coefficient (Wildman–Crippen LogP) is 7.39. The van der Waals surface area contributed by atoms with E-state index in [4.69, 9.17) is 4.74 Å². The fraction of sp³-hybridized carbons (Fsp3) is 0.708. The molecule has 1 aromatic carbocycles. The van der Waals surface area contributed by atoms with Gasteiger partial charge in [0.2, 0.25) is 0 Å². The van der Waals surface area contributed by atoms with Crippen LogP contribution < -0.4 is 4.74 Å². The normalized spacial score (nSPS) is 38.7. The first-order valence-corrected chi connectivity index (χ1v) is 11.7. The molecule has 2 fully saturated rings. The lowest BCUT2D eigenvalue weighted by atomic mass is 9.64. The van der Waals surface area contributed by atoms with Crippen LogP contribution in [0.5, 0.6) is 5.75 Å². The third-order valence-corrected chi connectivity index (χ3v) is 7.27. The van der Waals surface area contributed by atoms with Crippen LogP contribution in [0, 0.1) is 18.3 Å². The molecule has 5 atom stereocenters. The van der Waals surface area contributed by atoms with Crippen LogP contribution >= 0.6 is 12.6 Å². The molecule has 0 heterocycles.